The summed E-state index contributed by atoms with van der Waals surface area (Å²) in [6.07, 6.45) is 2.18. The molecule has 0 spiro atoms. The molecule has 0 atom stereocenters. The molecule has 0 radical (unpaired) electrons. The van der Waals surface area contributed by atoms with Crippen molar-refractivity contribution in [2.75, 3.05) is 6.79 Å². The number of ether oxygens (including phenoxy) is 4. The molecule has 0 N–H and O–H groups in total. The molecule has 1 saturated heterocycles. The summed E-state index contributed by atoms with van der Waals surface area (Å²) in [6.45, 7) is 3.07. The Labute approximate surface area is 94.4 Å². The Bertz CT molecular complexity index is 319. The van der Waals surface area contributed by atoms with Gasteiger partial charge in [0, 0.05) is 6.42 Å². The van der Waals surface area contributed by atoms with Crippen LogP contribution in [0, 0.1) is 0 Å². The summed E-state index contributed by atoms with van der Waals surface area (Å²) in [5.41, 5.74) is 0. The molecule has 0 unspecified atom stereocenters. The molecule has 4 nitrogen and oxygen atoms in total. The van der Waals surface area contributed by atoms with Crippen LogP contribution >= 0.6 is 0 Å². The van der Waals surface area contributed by atoms with E-state index in [1.807, 2.05) is 30.3 Å². The van der Waals surface area contributed by atoms with Crippen LogP contribution in [0.2, 0.25) is 0 Å². The SMILES string of the molecule is C=CCC1OC(OCOc2ccccc2)O1. The topological polar surface area (TPSA) is 36.9 Å². The number of para-hydroxylation sites is 1. The Morgan fingerprint density at radius 3 is 2.69 bits per heavy atom. The zero-order valence-corrected chi connectivity index (χ0v) is 8.87. The zero-order valence-electron chi connectivity index (χ0n) is 8.87. The van der Waals surface area contributed by atoms with E-state index in [1.54, 1.807) is 6.08 Å². The van der Waals surface area contributed by atoms with Gasteiger partial charge in [-0.1, -0.05) is 24.3 Å². The fourth-order valence-electron chi connectivity index (χ4n) is 1.26. The van der Waals surface area contributed by atoms with Crippen LogP contribution in [-0.4, -0.2) is 19.6 Å². The van der Waals surface area contributed by atoms with Crippen LogP contribution in [0.3, 0.4) is 0 Å². The van der Waals surface area contributed by atoms with E-state index in [0.29, 0.717) is 6.42 Å². The standard InChI is InChI=1S/C12H14O4/c1-2-6-11-15-12(16-11)14-9-13-10-7-4-3-5-8-10/h2-5,7-8,11-12H,1,6,9H2. The molecular formula is C12H14O4. The van der Waals surface area contributed by atoms with Gasteiger partial charge in [-0.05, 0) is 12.1 Å². The maximum absolute atomic E-state index is 5.31. The van der Waals surface area contributed by atoms with Crippen LogP contribution in [0.5, 0.6) is 5.75 Å². The molecule has 0 bridgehead atoms. The van der Waals surface area contributed by atoms with E-state index in [9.17, 15) is 0 Å². The molecule has 1 aromatic carbocycles. The van der Waals surface area contributed by atoms with Crippen molar-refractivity contribution in [1.82, 2.24) is 0 Å². The average Bonchev–Trinajstić information content (AvgIpc) is 2.27. The third kappa shape index (κ3) is 3.06. The summed E-state index contributed by atoms with van der Waals surface area (Å²) in [6, 6.07) is 9.42. The first-order valence-corrected chi connectivity index (χ1v) is 5.10. The fraction of sp³-hybridized carbons (Fsp3) is 0.333. The highest BCUT2D eigenvalue weighted by Gasteiger charge is 2.30. The zero-order chi connectivity index (χ0) is 11.2. The van der Waals surface area contributed by atoms with Crippen molar-refractivity contribution in [2.24, 2.45) is 0 Å². The highest BCUT2D eigenvalue weighted by Crippen LogP contribution is 2.20. The van der Waals surface area contributed by atoms with Crippen LogP contribution in [0.25, 0.3) is 0 Å². The van der Waals surface area contributed by atoms with E-state index < -0.39 is 6.48 Å². The average molecular weight is 222 g/mol. The molecule has 4 heteroatoms. The smallest absolute Gasteiger partial charge is 0.278 e. The molecule has 1 aromatic rings. The van der Waals surface area contributed by atoms with Gasteiger partial charge in [-0.2, -0.15) is 0 Å². The molecular weight excluding hydrogens is 208 g/mol. The molecule has 0 aliphatic carbocycles. The monoisotopic (exact) mass is 222 g/mol. The summed E-state index contributed by atoms with van der Waals surface area (Å²) in [5, 5.41) is 0. The molecule has 16 heavy (non-hydrogen) atoms. The largest absolute Gasteiger partial charge is 0.467 e. The van der Waals surface area contributed by atoms with Crippen molar-refractivity contribution in [3.05, 3.63) is 43.0 Å². The highest BCUT2D eigenvalue weighted by molar-refractivity contribution is 5.20. The number of benzene rings is 1. The van der Waals surface area contributed by atoms with Gasteiger partial charge >= 0.3 is 0 Å². The van der Waals surface area contributed by atoms with Crippen molar-refractivity contribution in [3.63, 3.8) is 0 Å². The molecule has 2 rings (SSSR count). The Kier molecular flexibility index (Phi) is 3.93. The van der Waals surface area contributed by atoms with E-state index >= 15 is 0 Å². The Balaban J connectivity index is 1.58. The second-order valence-corrected chi connectivity index (χ2v) is 3.26. The van der Waals surface area contributed by atoms with Crippen LogP contribution in [0.1, 0.15) is 6.42 Å². The van der Waals surface area contributed by atoms with Crippen molar-refractivity contribution >= 4 is 0 Å². The second-order valence-electron chi connectivity index (χ2n) is 3.26. The van der Waals surface area contributed by atoms with Crippen molar-refractivity contribution in [3.8, 4) is 5.75 Å². The third-order valence-corrected chi connectivity index (χ3v) is 2.06. The predicted molar refractivity (Wildman–Crippen MR) is 57.6 cm³/mol. The molecule has 0 amide bonds. The van der Waals surface area contributed by atoms with Gasteiger partial charge in [-0.25, -0.2) is 0 Å². The summed E-state index contributed by atoms with van der Waals surface area (Å²) < 4.78 is 20.9. The summed E-state index contributed by atoms with van der Waals surface area (Å²) in [7, 11) is 0. The molecule has 0 saturated carbocycles. The number of rotatable bonds is 6. The lowest BCUT2D eigenvalue weighted by Gasteiger charge is -2.34. The van der Waals surface area contributed by atoms with Crippen molar-refractivity contribution in [1.29, 1.82) is 0 Å². The van der Waals surface area contributed by atoms with Crippen molar-refractivity contribution in [2.45, 2.75) is 19.2 Å². The van der Waals surface area contributed by atoms with Gasteiger partial charge in [0.2, 0.25) is 0 Å². The van der Waals surface area contributed by atoms with Gasteiger partial charge < -0.3 is 4.74 Å². The minimum absolute atomic E-state index is 0.107. The Morgan fingerprint density at radius 2 is 2.00 bits per heavy atom. The van der Waals surface area contributed by atoms with E-state index in [-0.39, 0.29) is 13.1 Å². The minimum Gasteiger partial charge on any atom is -0.467 e. The number of hydrogen-bond acceptors (Lipinski definition) is 4. The van der Waals surface area contributed by atoms with Crippen LogP contribution in [-0.2, 0) is 14.2 Å². The lowest BCUT2D eigenvalue weighted by Crippen LogP contribution is -2.42. The molecule has 1 fully saturated rings. The Hall–Kier alpha value is -1.36. The first kappa shape index (κ1) is 11.1. The van der Waals surface area contributed by atoms with Crippen LogP contribution < -0.4 is 4.74 Å². The first-order valence-electron chi connectivity index (χ1n) is 5.10. The van der Waals surface area contributed by atoms with Gasteiger partial charge in [0.1, 0.15) is 5.75 Å². The van der Waals surface area contributed by atoms with E-state index in [4.69, 9.17) is 18.9 Å². The summed E-state index contributed by atoms with van der Waals surface area (Å²) in [5.74, 6) is 0.754. The maximum atomic E-state index is 5.31. The van der Waals surface area contributed by atoms with Gasteiger partial charge in [-0.15, -0.1) is 6.58 Å². The molecule has 1 aliphatic heterocycles. The number of hydrogen-bond donors (Lipinski definition) is 0. The maximum Gasteiger partial charge on any atom is 0.278 e. The fourth-order valence-corrected chi connectivity index (χ4v) is 1.26. The van der Waals surface area contributed by atoms with Gasteiger partial charge in [0.25, 0.3) is 6.48 Å². The molecule has 1 heterocycles. The summed E-state index contributed by atoms with van der Waals surface area (Å²) in [4.78, 5) is 0. The quantitative estimate of drug-likeness (QED) is 0.546. The van der Waals surface area contributed by atoms with E-state index in [1.165, 1.54) is 0 Å². The van der Waals surface area contributed by atoms with Crippen LogP contribution in [0.4, 0.5) is 0 Å². The highest BCUT2D eigenvalue weighted by atomic mass is 17.0. The lowest BCUT2D eigenvalue weighted by atomic mass is 10.3. The van der Waals surface area contributed by atoms with E-state index in [2.05, 4.69) is 6.58 Å². The second kappa shape index (κ2) is 5.65. The normalized spacial score (nSPS) is 23.5. The van der Waals surface area contributed by atoms with Gasteiger partial charge in [-0.3, -0.25) is 14.2 Å². The van der Waals surface area contributed by atoms with E-state index in [0.717, 1.165) is 5.75 Å². The Morgan fingerprint density at radius 1 is 1.25 bits per heavy atom. The van der Waals surface area contributed by atoms with Crippen LogP contribution in [0.15, 0.2) is 43.0 Å². The van der Waals surface area contributed by atoms with Gasteiger partial charge in [0.05, 0.1) is 0 Å². The minimum atomic E-state index is -0.617. The molecule has 1 aliphatic rings. The third-order valence-electron chi connectivity index (χ3n) is 2.06. The predicted octanol–water partition coefficient (Wildman–Crippen LogP) is 2.27. The molecule has 0 aromatic heterocycles. The van der Waals surface area contributed by atoms with Crippen molar-refractivity contribution < 1.29 is 18.9 Å². The first-order chi connectivity index (χ1) is 7.88. The van der Waals surface area contributed by atoms with Gasteiger partial charge in [0.15, 0.2) is 13.1 Å². The summed E-state index contributed by atoms with van der Waals surface area (Å²) >= 11 is 0. The molecule has 86 valence electrons. The lowest BCUT2D eigenvalue weighted by molar-refractivity contribution is -0.472.